The van der Waals surface area contributed by atoms with Crippen LogP contribution in [0.4, 0.5) is 0 Å². The van der Waals surface area contributed by atoms with E-state index in [0.717, 1.165) is 22.8 Å². The number of aryl methyl sites for hydroxylation is 2. The van der Waals surface area contributed by atoms with Crippen LogP contribution in [0.3, 0.4) is 0 Å². The minimum atomic E-state index is -0.282. The Morgan fingerprint density at radius 3 is 2.40 bits per heavy atom. The number of esters is 1. The molecule has 0 saturated carbocycles. The highest BCUT2D eigenvalue weighted by molar-refractivity contribution is 5.72. The standard InChI is InChI=1S/C15H17NO4/c1-10-14(11(2)20-16-10)8-9-15(17)19-13-6-4-12(18-3)5-7-13/h4-7H,8-9H2,1-3H3. The lowest BCUT2D eigenvalue weighted by Gasteiger charge is -2.05. The van der Waals surface area contributed by atoms with E-state index >= 15 is 0 Å². The molecule has 0 spiro atoms. The van der Waals surface area contributed by atoms with Gasteiger partial charge < -0.3 is 14.0 Å². The van der Waals surface area contributed by atoms with Crippen molar-refractivity contribution in [3.63, 3.8) is 0 Å². The molecule has 1 aromatic heterocycles. The Hall–Kier alpha value is -2.30. The van der Waals surface area contributed by atoms with Crippen molar-refractivity contribution in [1.82, 2.24) is 5.16 Å². The molecule has 5 nitrogen and oxygen atoms in total. The molecular formula is C15H17NO4. The summed E-state index contributed by atoms with van der Waals surface area (Å²) in [4.78, 5) is 11.8. The van der Waals surface area contributed by atoms with Crippen molar-refractivity contribution in [3.8, 4) is 11.5 Å². The Kier molecular flexibility index (Phi) is 4.40. The fourth-order valence-electron chi connectivity index (χ4n) is 1.91. The maximum atomic E-state index is 11.8. The number of benzene rings is 1. The molecule has 0 fully saturated rings. The van der Waals surface area contributed by atoms with Crippen molar-refractivity contribution < 1.29 is 18.8 Å². The molecule has 1 heterocycles. The van der Waals surface area contributed by atoms with Crippen LogP contribution in [-0.4, -0.2) is 18.2 Å². The van der Waals surface area contributed by atoms with E-state index in [9.17, 15) is 4.79 Å². The lowest BCUT2D eigenvalue weighted by molar-refractivity contribution is -0.134. The van der Waals surface area contributed by atoms with Gasteiger partial charge in [0.25, 0.3) is 0 Å². The minimum absolute atomic E-state index is 0.282. The molecule has 0 saturated heterocycles. The second-order valence-corrected chi connectivity index (χ2v) is 4.45. The predicted octanol–water partition coefficient (Wildman–Crippen LogP) is 2.84. The summed E-state index contributed by atoms with van der Waals surface area (Å²) >= 11 is 0. The molecule has 0 amide bonds. The molecule has 0 aliphatic carbocycles. The van der Waals surface area contributed by atoms with E-state index in [0.29, 0.717) is 12.2 Å². The van der Waals surface area contributed by atoms with Crippen LogP contribution in [0.5, 0.6) is 11.5 Å². The van der Waals surface area contributed by atoms with Gasteiger partial charge in [-0.25, -0.2) is 0 Å². The first kappa shape index (κ1) is 14.1. The zero-order chi connectivity index (χ0) is 14.5. The fourth-order valence-corrected chi connectivity index (χ4v) is 1.91. The van der Waals surface area contributed by atoms with Crippen molar-refractivity contribution in [2.75, 3.05) is 7.11 Å². The first-order valence-electron chi connectivity index (χ1n) is 6.36. The average Bonchev–Trinajstić information content (AvgIpc) is 2.77. The molecule has 0 atom stereocenters. The second kappa shape index (κ2) is 6.23. The highest BCUT2D eigenvalue weighted by Gasteiger charge is 2.12. The Bertz CT molecular complexity index is 567. The zero-order valence-electron chi connectivity index (χ0n) is 11.8. The molecule has 0 unspecified atom stereocenters. The van der Waals surface area contributed by atoms with E-state index in [1.165, 1.54) is 0 Å². The van der Waals surface area contributed by atoms with Crippen LogP contribution in [0.15, 0.2) is 28.8 Å². The first-order valence-corrected chi connectivity index (χ1v) is 6.36. The number of methoxy groups -OCH3 is 1. The summed E-state index contributed by atoms with van der Waals surface area (Å²) < 4.78 is 15.3. The van der Waals surface area contributed by atoms with Crippen LogP contribution in [0.1, 0.15) is 23.4 Å². The average molecular weight is 275 g/mol. The second-order valence-electron chi connectivity index (χ2n) is 4.45. The summed E-state index contributed by atoms with van der Waals surface area (Å²) in [5.41, 5.74) is 1.79. The normalized spacial score (nSPS) is 10.3. The molecule has 0 aliphatic rings. The maximum Gasteiger partial charge on any atom is 0.311 e. The Labute approximate surface area is 117 Å². The molecule has 0 radical (unpaired) electrons. The van der Waals surface area contributed by atoms with E-state index in [1.54, 1.807) is 31.4 Å². The maximum absolute atomic E-state index is 11.8. The Morgan fingerprint density at radius 1 is 1.20 bits per heavy atom. The van der Waals surface area contributed by atoms with Crippen molar-refractivity contribution in [3.05, 3.63) is 41.3 Å². The Morgan fingerprint density at radius 2 is 1.85 bits per heavy atom. The fraction of sp³-hybridized carbons (Fsp3) is 0.333. The van der Waals surface area contributed by atoms with Crippen molar-refractivity contribution in [2.24, 2.45) is 0 Å². The number of hydrogen-bond acceptors (Lipinski definition) is 5. The summed E-state index contributed by atoms with van der Waals surface area (Å²) in [5, 5.41) is 3.86. The lowest BCUT2D eigenvalue weighted by atomic mass is 10.1. The summed E-state index contributed by atoms with van der Waals surface area (Å²) in [6.07, 6.45) is 0.852. The van der Waals surface area contributed by atoms with Gasteiger partial charge in [0.15, 0.2) is 0 Å². The molecule has 0 aliphatic heterocycles. The van der Waals surface area contributed by atoms with Gasteiger partial charge in [0.1, 0.15) is 17.3 Å². The van der Waals surface area contributed by atoms with Gasteiger partial charge >= 0.3 is 5.97 Å². The van der Waals surface area contributed by atoms with Gasteiger partial charge in [-0.15, -0.1) is 0 Å². The smallest absolute Gasteiger partial charge is 0.311 e. The van der Waals surface area contributed by atoms with Gasteiger partial charge in [-0.2, -0.15) is 0 Å². The van der Waals surface area contributed by atoms with Gasteiger partial charge in [0, 0.05) is 5.56 Å². The summed E-state index contributed by atoms with van der Waals surface area (Å²) in [6.45, 7) is 3.70. The molecule has 1 aromatic carbocycles. The summed E-state index contributed by atoms with van der Waals surface area (Å²) in [6, 6.07) is 6.90. The molecule has 0 N–H and O–H groups in total. The van der Waals surface area contributed by atoms with Crippen molar-refractivity contribution in [2.45, 2.75) is 26.7 Å². The van der Waals surface area contributed by atoms with E-state index in [2.05, 4.69) is 5.16 Å². The van der Waals surface area contributed by atoms with Crippen LogP contribution >= 0.6 is 0 Å². The lowest BCUT2D eigenvalue weighted by Crippen LogP contribution is -2.09. The topological polar surface area (TPSA) is 61.6 Å². The van der Waals surface area contributed by atoms with Crippen molar-refractivity contribution >= 4 is 5.97 Å². The van der Waals surface area contributed by atoms with Crippen molar-refractivity contribution in [1.29, 1.82) is 0 Å². The SMILES string of the molecule is COc1ccc(OC(=O)CCc2c(C)noc2C)cc1. The van der Waals surface area contributed by atoms with E-state index in [1.807, 2.05) is 13.8 Å². The van der Waals surface area contributed by atoms with Gasteiger partial charge in [-0.3, -0.25) is 4.79 Å². The van der Waals surface area contributed by atoms with Gasteiger partial charge in [-0.1, -0.05) is 5.16 Å². The highest BCUT2D eigenvalue weighted by atomic mass is 16.5. The molecule has 106 valence electrons. The van der Waals surface area contributed by atoms with Crippen LogP contribution in [0.25, 0.3) is 0 Å². The van der Waals surface area contributed by atoms with Crippen LogP contribution in [0, 0.1) is 13.8 Å². The zero-order valence-corrected chi connectivity index (χ0v) is 11.8. The molecule has 5 heteroatoms. The Balaban J connectivity index is 1.89. The number of nitrogens with zero attached hydrogens (tertiary/aromatic N) is 1. The highest BCUT2D eigenvalue weighted by Crippen LogP contribution is 2.18. The molecule has 2 aromatic rings. The van der Waals surface area contributed by atoms with E-state index in [4.69, 9.17) is 14.0 Å². The molecule has 0 bridgehead atoms. The van der Waals surface area contributed by atoms with Gasteiger partial charge in [0.2, 0.25) is 0 Å². The quantitative estimate of drug-likeness (QED) is 0.620. The van der Waals surface area contributed by atoms with E-state index < -0.39 is 0 Å². The summed E-state index contributed by atoms with van der Waals surface area (Å²) in [5.74, 6) is 1.70. The third-order valence-electron chi connectivity index (χ3n) is 3.05. The van der Waals surface area contributed by atoms with Crippen LogP contribution in [-0.2, 0) is 11.2 Å². The molecule has 20 heavy (non-hydrogen) atoms. The molecule has 2 rings (SSSR count). The third kappa shape index (κ3) is 3.38. The van der Waals surface area contributed by atoms with E-state index in [-0.39, 0.29) is 12.4 Å². The predicted molar refractivity (Wildman–Crippen MR) is 72.9 cm³/mol. The monoisotopic (exact) mass is 275 g/mol. The number of hydrogen-bond donors (Lipinski definition) is 0. The number of carbonyl (C=O) groups excluding carboxylic acids is 1. The number of rotatable bonds is 5. The van der Waals surface area contributed by atoms with Gasteiger partial charge in [-0.05, 0) is 44.5 Å². The third-order valence-corrected chi connectivity index (χ3v) is 3.05. The number of aromatic nitrogens is 1. The largest absolute Gasteiger partial charge is 0.497 e. The number of ether oxygens (including phenoxy) is 2. The number of carbonyl (C=O) groups is 1. The molecular weight excluding hydrogens is 258 g/mol. The first-order chi connectivity index (χ1) is 9.60. The minimum Gasteiger partial charge on any atom is -0.497 e. The van der Waals surface area contributed by atoms with Crippen LogP contribution in [0.2, 0.25) is 0 Å². The summed E-state index contributed by atoms with van der Waals surface area (Å²) in [7, 11) is 1.59. The van der Waals surface area contributed by atoms with Gasteiger partial charge in [0.05, 0.1) is 19.2 Å². The van der Waals surface area contributed by atoms with Crippen LogP contribution < -0.4 is 9.47 Å².